The van der Waals surface area contributed by atoms with Crippen LogP contribution < -0.4 is 10.6 Å². The smallest absolute Gasteiger partial charge is 0.223 e. The summed E-state index contributed by atoms with van der Waals surface area (Å²) >= 11 is 0. The molecule has 1 aliphatic heterocycles. The minimum absolute atomic E-state index is 0. The number of hydrogen-bond acceptors (Lipinski definition) is 6. The molecular formula is C18H28IN7O. The number of aromatic nitrogens is 3. The van der Waals surface area contributed by atoms with E-state index in [1.807, 2.05) is 18.3 Å². The van der Waals surface area contributed by atoms with Gasteiger partial charge in [0.05, 0.1) is 5.69 Å². The van der Waals surface area contributed by atoms with E-state index in [9.17, 15) is 0 Å². The molecule has 0 aromatic carbocycles. The van der Waals surface area contributed by atoms with Crippen LogP contribution >= 0.6 is 24.0 Å². The number of nitrogens with one attached hydrogen (secondary N) is 2. The van der Waals surface area contributed by atoms with Crippen molar-refractivity contribution < 1.29 is 4.52 Å². The fourth-order valence-electron chi connectivity index (χ4n) is 3.02. The van der Waals surface area contributed by atoms with E-state index >= 15 is 0 Å². The van der Waals surface area contributed by atoms with Crippen LogP contribution in [-0.4, -0.2) is 51.7 Å². The molecule has 1 saturated heterocycles. The molecule has 0 amide bonds. The highest BCUT2D eigenvalue weighted by Gasteiger charge is 2.20. The van der Waals surface area contributed by atoms with Crippen LogP contribution in [0.15, 0.2) is 33.9 Å². The molecule has 9 heteroatoms. The van der Waals surface area contributed by atoms with Gasteiger partial charge < -0.3 is 15.2 Å². The third-order valence-corrected chi connectivity index (χ3v) is 4.33. The zero-order valence-corrected chi connectivity index (χ0v) is 18.2. The van der Waals surface area contributed by atoms with Crippen LogP contribution in [0.5, 0.6) is 0 Å². The standard InChI is InChI=1S/C18H27N7O.HI/c1-3-19-18(21-12-17-22-14(2)26-24-17)23-15-7-10-25(11-8-15)13-16-6-4-5-9-20-16;/h4-6,9,15H,3,7-8,10-13H2,1-2H3,(H2,19,21,23);1H. The molecule has 0 spiro atoms. The lowest BCUT2D eigenvalue weighted by Crippen LogP contribution is -2.48. The molecule has 0 aliphatic carbocycles. The quantitative estimate of drug-likeness (QED) is 0.368. The SMILES string of the molecule is CCNC(=NCc1noc(C)n1)NC1CCN(Cc2ccccn2)CC1.I. The number of nitrogens with zero attached hydrogens (tertiary/aromatic N) is 5. The summed E-state index contributed by atoms with van der Waals surface area (Å²) in [7, 11) is 0. The molecule has 1 aliphatic rings. The molecule has 2 aromatic heterocycles. The molecule has 2 N–H and O–H groups in total. The van der Waals surface area contributed by atoms with Gasteiger partial charge in [0.15, 0.2) is 11.8 Å². The largest absolute Gasteiger partial charge is 0.357 e. The number of guanidine groups is 1. The Labute approximate surface area is 177 Å². The fourth-order valence-corrected chi connectivity index (χ4v) is 3.02. The summed E-state index contributed by atoms with van der Waals surface area (Å²) in [6.45, 7) is 8.09. The molecule has 3 rings (SSSR count). The van der Waals surface area contributed by atoms with E-state index in [4.69, 9.17) is 4.52 Å². The summed E-state index contributed by atoms with van der Waals surface area (Å²) in [5.74, 6) is 1.97. The topological polar surface area (TPSA) is 91.5 Å². The summed E-state index contributed by atoms with van der Waals surface area (Å²) < 4.78 is 4.99. The van der Waals surface area contributed by atoms with Gasteiger partial charge in [-0.25, -0.2) is 4.99 Å². The van der Waals surface area contributed by atoms with Gasteiger partial charge in [-0.2, -0.15) is 4.98 Å². The van der Waals surface area contributed by atoms with Gasteiger partial charge in [-0.05, 0) is 31.9 Å². The minimum Gasteiger partial charge on any atom is -0.357 e. The first-order chi connectivity index (χ1) is 12.7. The van der Waals surface area contributed by atoms with Crippen molar-refractivity contribution >= 4 is 29.9 Å². The maximum Gasteiger partial charge on any atom is 0.223 e. The molecule has 0 bridgehead atoms. The maximum atomic E-state index is 4.99. The third kappa shape index (κ3) is 7.06. The summed E-state index contributed by atoms with van der Waals surface area (Å²) in [5.41, 5.74) is 1.13. The van der Waals surface area contributed by atoms with Crippen molar-refractivity contribution in [3.63, 3.8) is 0 Å². The molecule has 2 aromatic rings. The van der Waals surface area contributed by atoms with Gasteiger partial charge >= 0.3 is 0 Å². The second-order valence-corrected chi connectivity index (χ2v) is 6.44. The van der Waals surface area contributed by atoms with Gasteiger partial charge in [0.1, 0.15) is 6.54 Å². The van der Waals surface area contributed by atoms with Crippen molar-refractivity contribution in [1.82, 2.24) is 30.7 Å². The highest BCUT2D eigenvalue weighted by atomic mass is 127. The van der Waals surface area contributed by atoms with Crippen molar-refractivity contribution in [2.24, 2.45) is 4.99 Å². The van der Waals surface area contributed by atoms with Gasteiger partial charge in [0.2, 0.25) is 5.89 Å². The van der Waals surface area contributed by atoms with E-state index < -0.39 is 0 Å². The first kappa shape index (κ1) is 21.5. The lowest BCUT2D eigenvalue weighted by atomic mass is 10.0. The highest BCUT2D eigenvalue weighted by molar-refractivity contribution is 14.0. The number of likely N-dealkylation sites (tertiary alicyclic amines) is 1. The van der Waals surface area contributed by atoms with E-state index in [1.54, 1.807) is 6.92 Å². The average Bonchev–Trinajstić information content (AvgIpc) is 3.08. The third-order valence-electron chi connectivity index (χ3n) is 4.33. The summed E-state index contributed by atoms with van der Waals surface area (Å²) in [5, 5.41) is 10.7. The van der Waals surface area contributed by atoms with Crippen LogP contribution in [0.1, 0.15) is 37.2 Å². The number of aryl methyl sites for hydroxylation is 1. The Bertz CT molecular complexity index is 699. The van der Waals surface area contributed by atoms with Crippen molar-refractivity contribution in [2.75, 3.05) is 19.6 Å². The Morgan fingerprint density at radius 1 is 1.33 bits per heavy atom. The van der Waals surface area contributed by atoms with Crippen LogP contribution in [0.2, 0.25) is 0 Å². The van der Waals surface area contributed by atoms with E-state index in [2.05, 4.69) is 48.6 Å². The Morgan fingerprint density at radius 3 is 2.78 bits per heavy atom. The van der Waals surface area contributed by atoms with Crippen molar-refractivity contribution in [2.45, 2.75) is 45.8 Å². The molecular weight excluding hydrogens is 457 g/mol. The Balaban J connectivity index is 0.00000261. The maximum absolute atomic E-state index is 4.99. The molecule has 148 valence electrons. The minimum atomic E-state index is 0. The zero-order valence-electron chi connectivity index (χ0n) is 15.9. The van der Waals surface area contributed by atoms with Gasteiger partial charge in [-0.3, -0.25) is 9.88 Å². The lowest BCUT2D eigenvalue weighted by molar-refractivity contribution is 0.196. The molecule has 27 heavy (non-hydrogen) atoms. The van der Waals surface area contributed by atoms with E-state index in [1.165, 1.54) is 0 Å². The number of hydrogen-bond donors (Lipinski definition) is 2. The van der Waals surface area contributed by atoms with Crippen LogP contribution in [0.3, 0.4) is 0 Å². The van der Waals surface area contributed by atoms with Gasteiger partial charge in [-0.15, -0.1) is 24.0 Å². The fraction of sp³-hybridized carbons (Fsp3) is 0.556. The number of aliphatic imine (C=N–C) groups is 1. The lowest BCUT2D eigenvalue weighted by Gasteiger charge is -2.32. The average molecular weight is 485 g/mol. The first-order valence-electron chi connectivity index (χ1n) is 9.19. The molecule has 1 fully saturated rings. The molecule has 0 unspecified atom stereocenters. The Hall–Kier alpha value is -1.75. The van der Waals surface area contributed by atoms with E-state index in [0.717, 1.165) is 50.7 Å². The summed E-state index contributed by atoms with van der Waals surface area (Å²) in [6.07, 6.45) is 4.02. The Kier molecular flexibility index (Phi) is 8.92. The predicted octanol–water partition coefficient (Wildman–Crippen LogP) is 2.11. The molecule has 0 saturated carbocycles. The summed E-state index contributed by atoms with van der Waals surface area (Å²) in [4.78, 5) is 15.6. The van der Waals surface area contributed by atoms with E-state index in [0.29, 0.717) is 24.3 Å². The van der Waals surface area contributed by atoms with Gasteiger partial charge in [0.25, 0.3) is 0 Å². The van der Waals surface area contributed by atoms with E-state index in [-0.39, 0.29) is 24.0 Å². The highest BCUT2D eigenvalue weighted by Crippen LogP contribution is 2.13. The second kappa shape index (κ2) is 11.2. The van der Waals surface area contributed by atoms with Gasteiger partial charge in [0, 0.05) is 45.3 Å². The van der Waals surface area contributed by atoms with Crippen molar-refractivity contribution in [3.8, 4) is 0 Å². The molecule has 3 heterocycles. The van der Waals surface area contributed by atoms with Crippen LogP contribution in [-0.2, 0) is 13.1 Å². The summed E-state index contributed by atoms with van der Waals surface area (Å²) in [6, 6.07) is 6.50. The number of pyridine rings is 1. The zero-order chi connectivity index (χ0) is 18.2. The molecule has 0 atom stereocenters. The first-order valence-corrected chi connectivity index (χ1v) is 9.19. The Morgan fingerprint density at radius 2 is 2.15 bits per heavy atom. The van der Waals surface area contributed by atoms with Crippen LogP contribution in [0.4, 0.5) is 0 Å². The number of rotatable bonds is 6. The van der Waals surface area contributed by atoms with Gasteiger partial charge in [-0.1, -0.05) is 11.2 Å². The van der Waals surface area contributed by atoms with Crippen LogP contribution in [0.25, 0.3) is 0 Å². The molecule has 0 radical (unpaired) electrons. The second-order valence-electron chi connectivity index (χ2n) is 6.44. The molecule has 8 nitrogen and oxygen atoms in total. The monoisotopic (exact) mass is 485 g/mol. The van der Waals surface area contributed by atoms with Crippen LogP contribution in [0, 0.1) is 6.92 Å². The van der Waals surface area contributed by atoms with Crippen molar-refractivity contribution in [3.05, 3.63) is 41.8 Å². The normalized spacial score (nSPS) is 16.0. The predicted molar refractivity (Wildman–Crippen MR) is 115 cm³/mol. The number of halogens is 1. The van der Waals surface area contributed by atoms with Crippen molar-refractivity contribution in [1.29, 1.82) is 0 Å². The number of piperidine rings is 1.